The minimum absolute atomic E-state index is 0.0441. The highest BCUT2D eigenvalue weighted by molar-refractivity contribution is 5.93. The number of carbonyl (C=O) groups excluding carboxylic acids is 2. The summed E-state index contributed by atoms with van der Waals surface area (Å²) >= 11 is 0. The molecule has 3 saturated carbocycles. The maximum Gasteiger partial charge on any atom is 0.243 e. The van der Waals surface area contributed by atoms with Crippen LogP contribution in [0.1, 0.15) is 52.4 Å². The third-order valence-electron chi connectivity index (χ3n) is 9.18. The molecule has 5 nitrogen and oxygen atoms in total. The predicted octanol–water partition coefficient (Wildman–Crippen LogP) is 4.12. The molecule has 5 heteroatoms. The van der Waals surface area contributed by atoms with Crippen LogP contribution < -0.4 is 16.4 Å². The normalized spacial score (nSPS) is 41.9. The first-order chi connectivity index (χ1) is 14.3. The van der Waals surface area contributed by atoms with E-state index in [2.05, 4.69) is 30.6 Å². The summed E-state index contributed by atoms with van der Waals surface area (Å²) in [6.45, 7) is 4.70. The first-order valence-electron chi connectivity index (χ1n) is 11.5. The third-order valence-corrected chi connectivity index (χ3v) is 9.18. The molecule has 7 atom stereocenters. The van der Waals surface area contributed by atoms with Crippen LogP contribution in [0, 0.1) is 34.5 Å². The molecule has 1 aromatic rings. The lowest BCUT2D eigenvalue weighted by atomic mass is 9.48. The Morgan fingerprint density at radius 1 is 1.07 bits per heavy atom. The molecule has 0 radical (unpaired) electrons. The lowest BCUT2D eigenvalue weighted by molar-refractivity contribution is -0.129. The van der Waals surface area contributed by atoms with Crippen molar-refractivity contribution in [1.29, 1.82) is 0 Å². The van der Waals surface area contributed by atoms with Gasteiger partial charge in [-0.3, -0.25) is 9.59 Å². The molecule has 0 aromatic heterocycles. The number of rotatable bonds is 2. The molecule has 2 amide bonds. The minimum atomic E-state index is 0.0441. The van der Waals surface area contributed by atoms with E-state index in [1.165, 1.54) is 0 Å². The Hall–Kier alpha value is -2.30. The fraction of sp³-hybridized carbons (Fsp3) is 0.600. The number of fused-ring (bicyclic) bond motifs is 5. The van der Waals surface area contributed by atoms with Gasteiger partial charge in [0.1, 0.15) is 0 Å². The number of nitrogens with two attached hydrogens (primary N) is 1. The second kappa shape index (κ2) is 6.86. The number of hydrogen-bond acceptors (Lipinski definition) is 3. The van der Waals surface area contributed by atoms with Crippen LogP contribution in [0.25, 0.3) is 0 Å². The van der Waals surface area contributed by atoms with Crippen LogP contribution in [-0.2, 0) is 9.59 Å². The van der Waals surface area contributed by atoms with E-state index >= 15 is 0 Å². The Balaban J connectivity index is 1.36. The number of nitrogen functional groups attached to an aromatic ring is 1. The van der Waals surface area contributed by atoms with Gasteiger partial charge in [0.2, 0.25) is 11.8 Å². The number of benzene rings is 1. The summed E-state index contributed by atoms with van der Waals surface area (Å²) in [7, 11) is 0. The average molecular weight is 408 g/mol. The Morgan fingerprint density at radius 2 is 1.83 bits per heavy atom. The molecule has 3 fully saturated rings. The fourth-order valence-corrected chi connectivity index (χ4v) is 7.56. The van der Waals surface area contributed by atoms with Crippen LogP contribution in [0.5, 0.6) is 0 Å². The van der Waals surface area contributed by atoms with Crippen molar-refractivity contribution in [3.05, 3.63) is 36.4 Å². The van der Waals surface area contributed by atoms with E-state index in [4.69, 9.17) is 5.73 Å². The molecule has 30 heavy (non-hydrogen) atoms. The van der Waals surface area contributed by atoms with Crippen molar-refractivity contribution in [2.75, 3.05) is 11.1 Å². The van der Waals surface area contributed by atoms with Crippen LogP contribution in [0.4, 0.5) is 11.4 Å². The van der Waals surface area contributed by atoms with Gasteiger partial charge in [-0.15, -0.1) is 0 Å². The van der Waals surface area contributed by atoms with E-state index in [9.17, 15) is 9.59 Å². The lowest BCUT2D eigenvalue weighted by Crippen LogP contribution is -2.59. The largest absolute Gasteiger partial charge is 0.399 e. The van der Waals surface area contributed by atoms with Gasteiger partial charge >= 0.3 is 0 Å². The molecule has 1 heterocycles. The van der Waals surface area contributed by atoms with Crippen molar-refractivity contribution in [3.8, 4) is 0 Å². The maximum absolute atomic E-state index is 13.2. The van der Waals surface area contributed by atoms with Gasteiger partial charge in [-0.2, -0.15) is 0 Å². The molecule has 0 saturated heterocycles. The Labute approximate surface area is 178 Å². The molecule has 4 aliphatic rings. The zero-order valence-electron chi connectivity index (χ0n) is 18.0. The zero-order chi connectivity index (χ0) is 21.1. The number of amides is 2. The second-order valence-corrected chi connectivity index (χ2v) is 10.5. The molecular weight excluding hydrogens is 374 g/mol. The molecule has 2 unspecified atom stereocenters. The SMILES string of the molecule is C[C@]12C=CC(=O)NC1CC[C@@H]1[C@H]2CC[C@]2(C)C(C(=O)Nc3ccc(N)cc3)CC[C@@H]12. The van der Waals surface area contributed by atoms with Crippen LogP contribution in [0.15, 0.2) is 36.4 Å². The highest BCUT2D eigenvalue weighted by Crippen LogP contribution is 2.65. The number of nitrogens with one attached hydrogen (secondary N) is 2. The van der Waals surface area contributed by atoms with Crippen LogP contribution in [-0.4, -0.2) is 17.9 Å². The summed E-state index contributed by atoms with van der Waals surface area (Å²) in [5, 5.41) is 6.37. The Morgan fingerprint density at radius 3 is 2.60 bits per heavy atom. The maximum atomic E-state index is 13.2. The van der Waals surface area contributed by atoms with E-state index in [-0.39, 0.29) is 34.6 Å². The van der Waals surface area contributed by atoms with Gasteiger partial charge in [0, 0.05) is 28.7 Å². The first-order valence-corrected chi connectivity index (χ1v) is 11.5. The molecule has 1 aliphatic heterocycles. The highest BCUT2D eigenvalue weighted by atomic mass is 16.2. The van der Waals surface area contributed by atoms with Crippen molar-refractivity contribution >= 4 is 23.2 Å². The molecular formula is C25H33N3O2. The summed E-state index contributed by atoms with van der Waals surface area (Å²) in [6.07, 6.45) is 10.5. The van der Waals surface area contributed by atoms with Crippen LogP contribution >= 0.6 is 0 Å². The van der Waals surface area contributed by atoms with Gasteiger partial charge in [-0.05, 0) is 92.0 Å². The van der Waals surface area contributed by atoms with Crippen molar-refractivity contribution in [2.24, 2.45) is 34.5 Å². The molecule has 3 aliphatic carbocycles. The predicted molar refractivity (Wildman–Crippen MR) is 118 cm³/mol. The summed E-state index contributed by atoms with van der Waals surface area (Å²) < 4.78 is 0. The van der Waals surface area contributed by atoms with E-state index in [0.717, 1.165) is 44.2 Å². The van der Waals surface area contributed by atoms with Gasteiger partial charge in [0.05, 0.1) is 0 Å². The molecule has 5 rings (SSSR count). The Bertz CT molecular complexity index is 894. The van der Waals surface area contributed by atoms with E-state index in [0.29, 0.717) is 23.4 Å². The molecule has 4 N–H and O–H groups in total. The van der Waals surface area contributed by atoms with Gasteiger partial charge in [-0.25, -0.2) is 0 Å². The average Bonchev–Trinajstić information content (AvgIpc) is 3.07. The van der Waals surface area contributed by atoms with Gasteiger partial charge in [-0.1, -0.05) is 19.9 Å². The number of anilines is 2. The fourth-order valence-electron chi connectivity index (χ4n) is 7.56. The number of carbonyl (C=O) groups is 2. The Kier molecular flexibility index (Phi) is 4.49. The monoisotopic (exact) mass is 407 g/mol. The van der Waals surface area contributed by atoms with Crippen LogP contribution in [0.3, 0.4) is 0 Å². The smallest absolute Gasteiger partial charge is 0.243 e. The number of hydrogen-bond donors (Lipinski definition) is 3. The van der Waals surface area contributed by atoms with Crippen molar-refractivity contribution in [3.63, 3.8) is 0 Å². The van der Waals surface area contributed by atoms with Crippen molar-refractivity contribution in [2.45, 2.75) is 58.4 Å². The molecule has 1 aromatic carbocycles. The highest BCUT2D eigenvalue weighted by Gasteiger charge is 2.60. The summed E-state index contributed by atoms with van der Waals surface area (Å²) in [5.74, 6) is 2.09. The van der Waals surface area contributed by atoms with Crippen LogP contribution in [0.2, 0.25) is 0 Å². The van der Waals surface area contributed by atoms with Gasteiger partial charge in [0.25, 0.3) is 0 Å². The van der Waals surface area contributed by atoms with E-state index in [1.807, 2.05) is 24.3 Å². The minimum Gasteiger partial charge on any atom is -0.399 e. The lowest BCUT2D eigenvalue weighted by Gasteiger charge is -2.58. The van der Waals surface area contributed by atoms with E-state index < -0.39 is 0 Å². The van der Waals surface area contributed by atoms with Crippen molar-refractivity contribution < 1.29 is 9.59 Å². The molecule has 0 bridgehead atoms. The molecule has 160 valence electrons. The summed E-state index contributed by atoms with van der Waals surface area (Å²) in [5.41, 5.74) is 7.41. The standard InChI is InChI=1S/C25H33N3O2/c1-24-13-11-19-17(7-10-21-25(19,2)14-12-22(29)28-21)18(24)8-9-20(24)23(30)27-16-5-3-15(26)4-6-16/h3-6,12,14,17-21H,7-11,13,26H2,1-2H3,(H,27,30)(H,28,29)/t17-,18-,19+,20?,21?,24-,25+/m0/s1. The summed E-state index contributed by atoms with van der Waals surface area (Å²) in [4.78, 5) is 25.1. The zero-order valence-corrected chi connectivity index (χ0v) is 18.0. The van der Waals surface area contributed by atoms with Gasteiger partial charge in [0.15, 0.2) is 0 Å². The molecule has 0 spiro atoms. The first kappa shape index (κ1) is 19.7. The topological polar surface area (TPSA) is 84.2 Å². The second-order valence-electron chi connectivity index (χ2n) is 10.5. The van der Waals surface area contributed by atoms with Crippen molar-refractivity contribution in [1.82, 2.24) is 5.32 Å². The quantitative estimate of drug-likeness (QED) is 0.645. The van der Waals surface area contributed by atoms with Gasteiger partial charge < -0.3 is 16.4 Å². The van der Waals surface area contributed by atoms with E-state index in [1.54, 1.807) is 6.08 Å². The summed E-state index contributed by atoms with van der Waals surface area (Å²) in [6, 6.07) is 7.67. The third kappa shape index (κ3) is 2.89.